The van der Waals surface area contributed by atoms with E-state index in [1.807, 2.05) is 24.3 Å². The van der Waals surface area contributed by atoms with E-state index in [0.29, 0.717) is 24.2 Å². The highest BCUT2D eigenvalue weighted by Gasteiger charge is 2.34. The minimum absolute atomic E-state index is 0.0963. The van der Waals surface area contributed by atoms with Gasteiger partial charge in [0.15, 0.2) is 0 Å². The molecule has 176 valence electrons. The molecule has 1 aliphatic carbocycles. The van der Waals surface area contributed by atoms with Gasteiger partial charge in [-0.2, -0.15) is 0 Å². The van der Waals surface area contributed by atoms with Crippen molar-refractivity contribution in [2.45, 2.75) is 37.8 Å². The Morgan fingerprint density at radius 1 is 1.21 bits per heavy atom. The molecule has 0 unspecified atom stereocenters. The number of primary sulfonamides is 1. The monoisotopic (exact) mass is 470 g/mol. The number of likely N-dealkylation sites (tertiary alicyclic amines) is 1. The molecule has 0 amide bonds. The van der Waals surface area contributed by atoms with Gasteiger partial charge in [-0.25, -0.2) is 23.5 Å². The summed E-state index contributed by atoms with van der Waals surface area (Å²) in [6, 6.07) is 8.15. The number of hydrogen-bond acceptors (Lipinski definition) is 7. The summed E-state index contributed by atoms with van der Waals surface area (Å²) in [5.41, 5.74) is 9.91. The number of nitrogens with zero attached hydrogens (tertiary/aromatic N) is 4. The first-order valence-corrected chi connectivity index (χ1v) is 13.1. The molecule has 1 atom stereocenters. The lowest BCUT2D eigenvalue weighted by atomic mass is 9.79. The van der Waals surface area contributed by atoms with Crippen molar-refractivity contribution in [3.63, 3.8) is 0 Å². The fourth-order valence-electron chi connectivity index (χ4n) is 5.18. The Hall–Kier alpha value is -2.53. The number of aliphatic hydroxyl groups is 1. The molecule has 10 heteroatoms. The highest BCUT2D eigenvalue weighted by molar-refractivity contribution is 7.89. The maximum atomic E-state index is 11.4. The molecule has 3 aromatic rings. The molecule has 33 heavy (non-hydrogen) atoms. The predicted molar refractivity (Wildman–Crippen MR) is 128 cm³/mol. The topological polar surface area (TPSA) is 140 Å². The van der Waals surface area contributed by atoms with Crippen molar-refractivity contribution in [2.24, 2.45) is 11.1 Å². The summed E-state index contributed by atoms with van der Waals surface area (Å²) in [5, 5.41) is 15.8. The van der Waals surface area contributed by atoms with Gasteiger partial charge in [0.05, 0.1) is 17.2 Å². The number of sulfonamides is 1. The van der Waals surface area contributed by atoms with Crippen LogP contribution in [0.2, 0.25) is 0 Å². The second kappa shape index (κ2) is 8.68. The number of nitrogen functional groups attached to an aromatic ring is 1. The molecule has 1 saturated carbocycles. The van der Waals surface area contributed by atoms with E-state index < -0.39 is 10.0 Å². The van der Waals surface area contributed by atoms with Crippen LogP contribution in [0, 0.1) is 5.92 Å². The molecule has 0 radical (unpaired) electrons. The maximum absolute atomic E-state index is 11.4. The average molecular weight is 471 g/mol. The third kappa shape index (κ3) is 4.74. The number of rotatable bonds is 7. The highest BCUT2D eigenvalue weighted by atomic mass is 32.2. The van der Waals surface area contributed by atoms with Gasteiger partial charge >= 0.3 is 0 Å². The smallest absolute Gasteiger partial charge is 0.209 e. The van der Waals surface area contributed by atoms with E-state index >= 15 is 0 Å². The molecule has 0 spiro atoms. The van der Waals surface area contributed by atoms with Crippen LogP contribution in [0.3, 0.4) is 0 Å². The van der Waals surface area contributed by atoms with Gasteiger partial charge in [0.25, 0.3) is 0 Å². The molecule has 9 nitrogen and oxygen atoms in total. The second-order valence-corrected chi connectivity index (χ2v) is 11.2. The second-order valence-electron chi connectivity index (χ2n) is 9.42. The molecular formula is C23H30N6O3S. The number of benzene rings is 1. The summed E-state index contributed by atoms with van der Waals surface area (Å²) in [5.74, 6) is 0.952. The SMILES string of the molecule is Nc1ncnc2c1c(-c1cccc(CCS(N)(=O)=O)c1)cn2C1CC(CN2CC[C@@H](O)C2)C1. The molecule has 3 heterocycles. The van der Waals surface area contributed by atoms with E-state index in [-0.39, 0.29) is 11.9 Å². The summed E-state index contributed by atoms with van der Waals surface area (Å²) in [4.78, 5) is 11.1. The molecular weight excluding hydrogens is 440 g/mol. The van der Waals surface area contributed by atoms with Crippen LogP contribution in [0.25, 0.3) is 22.2 Å². The Kier molecular flexibility index (Phi) is 5.86. The van der Waals surface area contributed by atoms with Gasteiger partial charge in [-0.05, 0) is 42.7 Å². The van der Waals surface area contributed by atoms with Crippen LogP contribution >= 0.6 is 0 Å². The first-order valence-electron chi connectivity index (χ1n) is 11.4. The lowest BCUT2D eigenvalue weighted by Gasteiger charge is -2.38. The van der Waals surface area contributed by atoms with E-state index in [1.54, 1.807) is 0 Å². The van der Waals surface area contributed by atoms with E-state index in [1.165, 1.54) is 6.33 Å². The van der Waals surface area contributed by atoms with Crippen molar-refractivity contribution >= 4 is 26.9 Å². The van der Waals surface area contributed by atoms with Crippen molar-refractivity contribution < 1.29 is 13.5 Å². The van der Waals surface area contributed by atoms with Gasteiger partial charge in [0.2, 0.25) is 10.0 Å². The van der Waals surface area contributed by atoms with Gasteiger partial charge in [-0.3, -0.25) is 0 Å². The fraction of sp³-hybridized carbons (Fsp3) is 0.478. The first-order chi connectivity index (χ1) is 15.8. The molecule has 5 N–H and O–H groups in total. The minimum atomic E-state index is -3.52. The van der Waals surface area contributed by atoms with Crippen LogP contribution in [-0.4, -0.2) is 64.5 Å². The van der Waals surface area contributed by atoms with Crippen LogP contribution in [0.15, 0.2) is 36.8 Å². The van der Waals surface area contributed by atoms with Crippen molar-refractivity contribution in [3.05, 3.63) is 42.4 Å². The summed E-state index contributed by atoms with van der Waals surface area (Å²) >= 11 is 0. The largest absolute Gasteiger partial charge is 0.392 e. The number of fused-ring (bicyclic) bond motifs is 1. The Morgan fingerprint density at radius 3 is 2.76 bits per heavy atom. The zero-order valence-corrected chi connectivity index (χ0v) is 19.3. The standard InChI is InChI=1S/C23H30N6O3S/c24-22-21-20(17-3-1-2-15(8-17)5-7-33(25,31)32)13-29(23(21)27-14-26-22)18-9-16(10-18)11-28-6-4-19(30)12-28/h1-3,8,13-14,16,18-19,30H,4-7,9-12H2,(H2,24,26,27)(H2,25,31,32)/t16?,18?,19-/m1/s1. The lowest BCUT2D eigenvalue weighted by Crippen LogP contribution is -2.36. The first kappa shape index (κ1) is 22.3. The third-order valence-corrected chi connectivity index (χ3v) is 7.69. The van der Waals surface area contributed by atoms with Crippen molar-refractivity contribution in [1.82, 2.24) is 19.4 Å². The quantitative estimate of drug-likeness (QED) is 0.475. The fourth-order valence-corrected chi connectivity index (χ4v) is 5.70. The highest BCUT2D eigenvalue weighted by Crippen LogP contribution is 2.43. The molecule has 2 aromatic heterocycles. The number of β-amino-alcohol motifs (C(OH)–C–C–N with tert-alkyl or cyclic N) is 1. The van der Waals surface area contributed by atoms with Gasteiger partial charge in [0, 0.05) is 37.4 Å². The average Bonchev–Trinajstić information content (AvgIpc) is 3.33. The van der Waals surface area contributed by atoms with E-state index in [0.717, 1.165) is 66.6 Å². The van der Waals surface area contributed by atoms with Gasteiger partial charge in [-0.1, -0.05) is 24.3 Å². The maximum Gasteiger partial charge on any atom is 0.209 e. The number of aryl methyl sites for hydroxylation is 1. The van der Waals surface area contributed by atoms with Crippen molar-refractivity contribution in [2.75, 3.05) is 31.1 Å². The normalized spacial score (nSPS) is 23.8. The number of nitrogens with two attached hydrogens (primary N) is 2. The van der Waals surface area contributed by atoms with Gasteiger partial charge < -0.3 is 20.3 Å². The van der Waals surface area contributed by atoms with Crippen LogP contribution in [-0.2, 0) is 16.4 Å². The molecule has 2 fully saturated rings. The minimum Gasteiger partial charge on any atom is -0.392 e. The Labute approximate surface area is 193 Å². The summed E-state index contributed by atoms with van der Waals surface area (Å²) in [7, 11) is -3.52. The summed E-state index contributed by atoms with van der Waals surface area (Å²) in [6.45, 7) is 2.79. The predicted octanol–water partition coefficient (Wildman–Crippen LogP) is 1.53. The Morgan fingerprint density at radius 2 is 2.03 bits per heavy atom. The van der Waals surface area contributed by atoms with E-state index in [9.17, 15) is 13.5 Å². The molecule has 1 aromatic carbocycles. The number of aromatic nitrogens is 3. The van der Waals surface area contributed by atoms with Gasteiger partial charge in [-0.15, -0.1) is 0 Å². The Bertz CT molecular complexity index is 1270. The van der Waals surface area contributed by atoms with Crippen molar-refractivity contribution in [1.29, 1.82) is 0 Å². The number of hydrogen-bond donors (Lipinski definition) is 3. The van der Waals surface area contributed by atoms with Gasteiger partial charge in [0.1, 0.15) is 17.8 Å². The van der Waals surface area contributed by atoms with Crippen LogP contribution < -0.4 is 10.9 Å². The molecule has 1 aliphatic heterocycles. The molecule has 5 rings (SSSR count). The van der Waals surface area contributed by atoms with Crippen LogP contribution in [0.5, 0.6) is 0 Å². The van der Waals surface area contributed by atoms with Crippen LogP contribution in [0.4, 0.5) is 5.82 Å². The summed E-state index contributed by atoms with van der Waals surface area (Å²) < 4.78 is 25.0. The molecule has 1 saturated heterocycles. The molecule has 2 aliphatic rings. The third-order valence-electron chi connectivity index (χ3n) is 6.92. The Balaban J connectivity index is 1.40. The zero-order chi connectivity index (χ0) is 23.2. The number of aliphatic hydroxyl groups excluding tert-OH is 1. The lowest BCUT2D eigenvalue weighted by molar-refractivity contribution is 0.128. The number of anilines is 1. The summed E-state index contributed by atoms with van der Waals surface area (Å²) in [6.07, 6.45) is 6.78. The van der Waals surface area contributed by atoms with Crippen LogP contribution in [0.1, 0.15) is 30.9 Å². The zero-order valence-electron chi connectivity index (χ0n) is 18.5. The van der Waals surface area contributed by atoms with E-state index in [2.05, 4.69) is 25.6 Å². The molecule has 0 bridgehead atoms. The van der Waals surface area contributed by atoms with Crippen molar-refractivity contribution in [3.8, 4) is 11.1 Å². The van der Waals surface area contributed by atoms with E-state index in [4.69, 9.17) is 10.9 Å².